The van der Waals surface area contributed by atoms with E-state index in [1.165, 1.54) is 6.08 Å². The Morgan fingerprint density at radius 1 is 0.769 bits per heavy atom. The number of unbranched alkanes of at least 4 members (excludes halogenated alkanes) is 2. The molecule has 0 saturated carbocycles. The molecule has 0 fully saturated rings. The number of aliphatic hydroxyl groups is 2. The van der Waals surface area contributed by atoms with E-state index >= 15 is 0 Å². The number of aliphatic carboxylic acids is 1. The largest absolute Gasteiger partial charge is 0.478 e. The van der Waals surface area contributed by atoms with Gasteiger partial charge in [-0.05, 0) is 19.3 Å². The van der Waals surface area contributed by atoms with Gasteiger partial charge >= 0.3 is 5.97 Å². The van der Waals surface area contributed by atoms with Gasteiger partial charge in [0.25, 0.3) is 0 Å². The summed E-state index contributed by atoms with van der Waals surface area (Å²) in [5.41, 5.74) is 0. The summed E-state index contributed by atoms with van der Waals surface area (Å²) in [7, 11) is 0. The molecule has 0 aliphatic rings. The van der Waals surface area contributed by atoms with Crippen LogP contribution < -0.4 is 0 Å². The average molecular weight is 360 g/mol. The maximum Gasteiger partial charge on any atom is 0.328 e. The zero-order chi connectivity index (χ0) is 19.5. The number of carboxylic acids is 1. The van der Waals surface area contributed by atoms with Crippen molar-refractivity contribution in [1.82, 2.24) is 0 Å². The first-order chi connectivity index (χ1) is 12.6. The summed E-state index contributed by atoms with van der Waals surface area (Å²) in [5.74, 6) is -0.964. The predicted molar refractivity (Wildman–Crippen MR) is 108 cm³/mol. The van der Waals surface area contributed by atoms with Crippen molar-refractivity contribution in [3.63, 3.8) is 0 Å². The van der Waals surface area contributed by atoms with Crippen molar-refractivity contribution in [1.29, 1.82) is 0 Å². The summed E-state index contributed by atoms with van der Waals surface area (Å²) in [6.07, 6.45) is 24.9. The van der Waals surface area contributed by atoms with Gasteiger partial charge in [0.15, 0.2) is 0 Å². The van der Waals surface area contributed by atoms with Crippen molar-refractivity contribution in [2.45, 2.75) is 57.7 Å². The molecule has 0 aliphatic carbocycles. The maximum absolute atomic E-state index is 10.2. The number of aliphatic hydroxyl groups excluding tert-OH is 2. The zero-order valence-electron chi connectivity index (χ0n) is 15.6. The fourth-order valence-corrected chi connectivity index (χ4v) is 2.08. The molecule has 4 heteroatoms. The van der Waals surface area contributed by atoms with Crippen LogP contribution in [0, 0.1) is 0 Å². The third-order valence-electron chi connectivity index (χ3n) is 3.55. The second-order valence-corrected chi connectivity index (χ2v) is 5.87. The lowest BCUT2D eigenvalue weighted by atomic mass is 10.0. The van der Waals surface area contributed by atoms with Crippen LogP contribution >= 0.6 is 0 Å². The van der Waals surface area contributed by atoms with Crippen LogP contribution in [0.1, 0.15) is 45.4 Å². The summed E-state index contributed by atoms with van der Waals surface area (Å²) in [4.78, 5) is 10.2. The van der Waals surface area contributed by atoms with Gasteiger partial charge in [-0.25, -0.2) is 4.79 Å². The molecule has 0 heterocycles. The molecular weight excluding hydrogens is 328 g/mol. The molecule has 0 aliphatic heterocycles. The number of allylic oxidation sites excluding steroid dienone is 11. The van der Waals surface area contributed by atoms with Crippen LogP contribution in [0.4, 0.5) is 0 Å². The van der Waals surface area contributed by atoms with Gasteiger partial charge in [-0.15, -0.1) is 0 Å². The summed E-state index contributed by atoms with van der Waals surface area (Å²) in [5, 5.41) is 28.1. The van der Waals surface area contributed by atoms with Crippen LogP contribution in [0.15, 0.2) is 72.9 Å². The molecule has 0 amide bonds. The highest BCUT2D eigenvalue weighted by Gasteiger charge is 2.14. The van der Waals surface area contributed by atoms with Gasteiger partial charge in [-0.2, -0.15) is 0 Å². The summed E-state index contributed by atoms with van der Waals surface area (Å²) in [6, 6.07) is 0. The van der Waals surface area contributed by atoms with Gasteiger partial charge in [0.05, 0.1) is 12.2 Å². The number of rotatable bonds is 14. The quantitative estimate of drug-likeness (QED) is 0.242. The lowest BCUT2D eigenvalue weighted by Crippen LogP contribution is -2.25. The van der Waals surface area contributed by atoms with Gasteiger partial charge in [-0.3, -0.25) is 0 Å². The Morgan fingerprint density at radius 3 is 1.81 bits per heavy atom. The van der Waals surface area contributed by atoms with Crippen LogP contribution in [0.25, 0.3) is 0 Å². The van der Waals surface area contributed by atoms with E-state index < -0.39 is 18.2 Å². The molecule has 0 spiro atoms. The van der Waals surface area contributed by atoms with Crippen molar-refractivity contribution in [3.05, 3.63) is 72.9 Å². The van der Waals surface area contributed by atoms with Gasteiger partial charge in [-0.1, -0.05) is 93.0 Å². The Labute approximate surface area is 157 Å². The van der Waals surface area contributed by atoms with Crippen molar-refractivity contribution in [3.8, 4) is 0 Å². The topological polar surface area (TPSA) is 77.8 Å². The molecule has 0 aromatic carbocycles. The Balaban J connectivity index is 3.85. The molecule has 3 N–H and O–H groups in total. The third kappa shape index (κ3) is 16.7. The van der Waals surface area contributed by atoms with Gasteiger partial charge in [0, 0.05) is 6.08 Å². The van der Waals surface area contributed by atoms with Crippen LogP contribution in [0.2, 0.25) is 0 Å². The van der Waals surface area contributed by atoms with Crippen molar-refractivity contribution in [2.24, 2.45) is 0 Å². The highest BCUT2D eigenvalue weighted by molar-refractivity contribution is 5.80. The molecule has 1 unspecified atom stereocenters. The molecular formula is C22H32O4. The number of hydrogen-bond acceptors (Lipinski definition) is 3. The van der Waals surface area contributed by atoms with Gasteiger partial charge in [0.2, 0.25) is 0 Å². The van der Waals surface area contributed by atoms with E-state index in [4.69, 9.17) is 5.11 Å². The lowest BCUT2D eigenvalue weighted by Gasteiger charge is -2.16. The second kappa shape index (κ2) is 17.6. The van der Waals surface area contributed by atoms with Gasteiger partial charge < -0.3 is 15.3 Å². The Hall–Kier alpha value is -2.17. The molecule has 144 valence electrons. The Bertz CT molecular complexity index is 524. The molecule has 26 heavy (non-hydrogen) atoms. The minimum absolute atomic E-state index is 0.568. The van der Waals surface area contributed by atoms with E-state index in [0.717, 1.165) is 31.8 Å². The van der Waals surface area contributed by atoms with Crippen LogP contribution in [0.5, 0.6) is 0 Å². The van der Waals surface area contributed by atoms with Crippen LogP contribution in [0.3, 0.4) is 0 Å². The SMILES string of the molecule is CCCCC[C@H](O)C(O)CCC=CC=CC=CC=CC=CC=CC(=O)O. The van der Waals surface area contributed by atoms with Crippen molar-refractivity contribution in [2.75, 3.05) is 0 Å². The van der Waals surface area contributed by atoms with Crippen LogP contribution in [-0.4, -0.2) is 33.5 Å². The monoisotopic (exact) mass is 360 g/mol. The maximum atomic E-state index is 10.2. The van der Waals surface area contributed by atoms with E-state index in [2.05, 4.69) is 6.92 Å². The minimum atomic E-state index is -0.964. The van der Waals surface area contributed by atoms with Crippen molar-refractivity contribution < 1.29 is 20.1 Å². The molecule has 0 aromatic heterocycles. The first-order valence-corrected chi connectivity index (χ1v) is 9.16. The normalized spacial score (nSPS) is 15.5. The first kappa shape index (κ1) is 23.8. The van der Waals surface area contributed by atoms with E-state index in [1.54, 1.807) is 18.2 Å². The molecule has 0 aromatic rings. The number of hydrogen-bond donors (Lipinski definition) is 3. The number of carbonyl (C=O) groups is 1. The molecule has 0 rings (SSSR count). The lowest BCUT2D eigenvalue weighted by molar-refractivity contribution is -0.131. The fourth-order valence-electron chi connectivity index (χ4n) is 2.08. The summed E-state index contributed by atoms with van der Waals surface area (Å²) < 4.78 is 0. The second-order valence-electron chi connectivity index (χ2n) is 5.87. The highest BCUT2D eigenvalue weighted by atomic mass is 16.4. The Morgan fingerprint density at radius 2 is 1.27 bits per heavy atom. The zero-order valence-corrected chi connectivity index (χ0v) is 15.6. The molecule has 0 bridgehead atoms. The van der Waals surface area contributed by atoms with E-state index in [1.807, 2.05) is 42.5 Å². The van der Waals surface area contributed by atoms with Crippen molar-refractivity contribution >= 4 is 5.97 Å². The van der Waals surface area contributed by atoms with E-state index in [-0.39, 0.29) is 0 Å². The molecule has 0 saturated heterocycles. The Kier molecular flexibility index (Phi) is 16.2. The smallest absolute Gasteiger partial charge is 0.328 e. The van der Waals surface area contributed by atoms with E-state index in [9.17, 15) is 15.0 Å². The van der Waals surface area contributed by atoms with Gasteiger partial charge in [0.1, 0.15) is 0 Å². The summed E-state index contributed by atoms with van der Waals surface area (Å²) >= 11 is 0. The summed E-state index contributed by atoms with van der Waals surface area (Å²) in [6.45, 7) is 2.12. The predicted octanol–water partition coefficient (Wildman–Crippen LogP) is 4.49. The first-order valence-electron chi connectivity index (χ1n) is 9.16. The third-order valence-corrected chi connectivity index (χ3v) is 3.55. The molecule has 4 nitrogen and oxygen atoms in total. The van der Waals surface area contributed by atoms with E-state index in [0.29, 0.717) is 12.8 Å². The highest BCUT2D eigenvalue weighted by Crippen LogP contribution is 2.11. The van der Waals surface area contributed by atoms with Crippen LogP contribution in [-0.2, 0) is 4.79 Å². The fraction of sp³-hybridized carbons (Fsp3) is 0.409. The number of carboxylic acid groups (broad SMARTS) is 1. The molecule has 0 radical (unpaired) electrons. The average Bonchev–Trinajstić information content (AvgIpc) is 2.61. The standard InChI is InChI=1S/C22H32O4/c1-2-3-14-17-20(23)21(24)18-15-12-10-8-6-4-5-7-9-11-13-16-19-22(25)26/h4-13,16,19-21,23-24H,2-3,14-15,17-18H2,1H3,(H,25,26)/t20-,21?/m0/s1. The molecule has 2 atom stereocenters. The minimum Gasteiger partial charge on any atom is -0.478 e.